The minimum Gasteiger partial charge on any atom is -0.493 e. The molecule has 1 nitrogen and oxygen atoms in total. The van der Waals surface area contributed by atoms with Gasteiger partial charge in [0.05, 0.1) is 13.3 Å². The van der Waals surface area contributed by atoms with Gasteiger partial charge in [0.1, 0.15) is 5.75 Å². The van der Waals surface area contributed by atoms with Gasteiger partial charge >= 0.3 is 0 Å². The fourth-order valence-electron chi connectivity index (χ4n) is 0.801. The van der Waals surface area contributed by atoms with Crippen molar-refractivity contribution >= 4 is 15.9 Å². The lowest BCUT2D eigenvalue weighted by molar-refractivity contribution is 0.289. The van der Waals surface area contributed by atoms with Crippen LogP contribution >= 0.6 is 15.9 Å². The smallest absolute Gasteiger partial charge is 0.120 e. The van der Waals surface area contributed by atoms with Gasteiger partial charge in [0.15, 0.2) is 0 Å². The monoisotopic (exact) mass is 232 g/mol. The molecule has 0 aliphatic carbocycles. The van der Waals surface area contributed by atoms with Crippen molar-refractivity contribution in [2.24, 2.45) is 0 Å². The number of hydrogen-bond acceptors (Lipinski definition) is 1. The fraction of sp³-hybridized carbons (Fsp3) is 0.333. The van der Waals surface area contributed by atoms with Gasteiger partial charge in [-0.2, -0.15) is 0 Å². The third-order valence-electron chi connectivity index (χ3n) is 1.34. The van der Waals surface area contributed by atoms with E-state index in [2.05, 4.69) is 15.9 Å². The van der Waals surface area contributed by atoms with Crippen molar-refractivity contribution < 1.29 is 9.13 Å². The molecule has 0 fully saturated rings. The van der Waals surface area contributed by atoms with Crippen LogP contribution in [0.15, 0.2) is 28.7 Å². The van der Waals surface area contributed by atoms with Crippen LogP contribution in [0, 0.1) is 0 Å². The van der Waals surface area contributed by atoms with Crippen LogP contribution in [0.4, 0.5) is 4.39 Å². The summed E-state index contributed by atoms with van der Waals surface area (Å²) in [5, 5.41) is 0. The average molecular weight is 233 g/mol. The summed E-state index contributed by atoms with van der Waals surface area (Å²) in [6.45, 7) is 0.112. The van der Waals surface area contributed by atoms with E-state index in [4.69, 9.17) is 4.74 Å². The minimum absolute atomic E-state index is 0.325. The third kappa shape index (κ3) is 3.22. The molecule has 3 heteroatoms. The van der Waals surface area contributed by atoms with Gasteiger partial charge in [-0.1, -0.05) is 22.0 Å². The number of benzene rings is 1. The molecule has 0 saturated carbocycles. The Morgan fingerprint density at radius 2 is 2.25 bits per heavy atom. The highest BCUT2D eigenvalue weighted by Gasteiger charge is 1.93. The Kier molecular flexibility index (Phi) is 4.08. The van der Waals surface area contributed by atoms with E-state index < -0.39 is 0 Å². The second kappa shape index (κ2) is 5.14. The maximum Gasteiger partial charge on any atom is 0.120 e. The number of rotatable bonds is 4. The van der Waals surface area contributed by atoms with Crippen molar-refractivity contribution in [1.29, 1.82) is 0 Å². The highest BCUT2D eigenvalue weighted by atomic mass is 79.9. The van der Waals surface area contributed by atoms with Crippen LogP contribution in [0.5, 0.6) is 5.75 Å². The topological polar surface area (TPSA) is 9.23 Å². The molecule has 0 atom stereocenters. The molecule has 0 aliphatic rings. The molecule has 0 aliphatic heterocycles. The number of ether oxygens (including phenoxy) is 1. The zero-order valence-electron chi connectivity index (χ0n) is 6.59. The lowest BCUT2D eigenvalue weighted by atomic mass is 10.3. The maximum absolute atomic E-state index is 11.7. The van der Waals surface area contributed by atoms with Crippen molar-refractivity contribution in [3.8, 4) is 5.75 Å². The van der Waals surface area contributed by atoms with E-state index >= 15 is 0 Å². The number of alkyl halides is 1. The Bertz CT molecular complexity index is 240. The third-order valence-corrected chi connectivity index (χ3v) is 1.84. The first-order chi connectivity index (χ1) is 5.83. The largest absolute Gasteiger partial charge is 0.493 e. The summed E-state index contributed by atoms with van der Waals surface area (Å²) in [7, 11) is 0. The second-order valence-electron chi connectivity index (χ2n) is 2.35. The van der Waals surface area contributed by atoms with Crippen LogP contribution in [0.25, 0.3) is 0 Å². The van der Waals surface area contributed by atoms with E-state index in [9.17, 15) is 4.39 Å². The first-order valence-corrected chi connectivity index (χ1v) is 4.56. The lowest BCUT2D eigenvalue weighted by Gasteiger charge is -2.03. The Morgan fingerprint density at radius 1 is 1.42 bits per heavy atom. The van der Waals surface area contributed by atoms with Crippen molar-refractivity contribution in [2.45, 2.75) is 6.42 Å². The Morgan fingerprint density at radius 3 is 2.92 bits per heavy atom. The molecule has 0 radical (unpaired) electrons. The minimum atomic E-state index is -0.325. The number of halogens is 2. The van der Waals surface area contributed by atoms with Gasteiger partial charge in [0.2, 0.25) is 0 Å². The molecule has 0 heterocycles. The van der Waals surface area contributed by atoms with Crippen LogP contribution in [0.3, 0.4) is 0 Å². The first kappa shape index (κ1) is 9.52. The summed E-state index contributed by atoms with van der Waals surface area (Å²) in [4.78, 5) is 0. The molecular weight excluding hydrogens is 223 g/mol. The summed E-state index contributed by atoms with van der Waals surface area (Å²) < 4.78 is 17.9. The highest BCUT2D eigenvalue weighted by Crippen LogP contribution is 2.17. The van der Waals surface area contributed by atoms with E-state index in [-0.39, 0.29) is 6.67 Å². The molecule has 0 spiro atoms. The summed E-state index contributed by atoms with van der Waals surface area (Å²) in [5.74, 6) is 0.776. The van der Waals surface area contributed by atoms with Gasteiger partial charge in [0.25, 0.3) is 0 Å². The Hall–Kier alpha value is -0.570. The SMILES string of the molecule is FCCCOc1cccc(Br)c1. The highest BCUT2D eigenvalue weighted by molar-refractivity contribution is 9.10. The molecule has 66 valence electrons. The van der Waals surface area contributed by atoms with Crippen molar-refractivity contribution in [1.82, 2.24) is 0 Å². The van der Waals surface area contributed by atoms with Gasteiger partial charge in [-0.15, -0.1) is 0 Å². The van der Waals surface area contributed by atoms with Gasteiger partial charge in [-0.3, -0.25) is 4.39 Å². The predicted molar refractivity (Wildman–Crippen MR) is 50.2 cm³/mol. The van der Waals surface area contributed by atoms with Gasteiger partial charge in [0, 0.05) is 10.9 Å². The normalized spacial score (nSPS) is 9.83. The van der Waals surface area contributed by atoms with Crippen molar-refractivity contribution in [2.75, 3.05) is 13.3 Å². The van der Waals surface area contributed by atoms with Crippen LogP contribution in [0.1, 0.15) is 6.42 Å². The number of hydrogen-bond donors (Lipinski definition) is 0. The van der Waals surface area contributed by atoms with Crippen molar-refractivity contribution in [3.05, 3.63) is 28.7 Å². The van der Waals surface area contributed by atoms with Gasteiger partial charge < -0.3 is 4.74 Å². The van der Waals surface area contributed by atoms with Gasteiger partial charge in [-0.25, -0.2) is 0 Å². The molecule has 1 aromatic carbocycles. The van der Waals surface area contributed by atoms with E-state index in [1.807, 2.05) is 24.3 Å². The Balaban J connectivity index is 2.41. The van der Waals surface area contributed by atoms with E-state index in [0.29, 0.717) is 13.0 Å². The van der Waals surface area contributed by atoms with Crippen molar-refractivity contribution in [3.63, 3.8) is 0 Å². The molecule has 0 aromatic heterocycles. The van der Waals surface area contributed by atoms with Gasteiger partial charge in [-0.05, 0) is 18.2 Å². The summed E-state index contributed by atoms with van der Waals surface area (Å²) in [6, 6.07) is 7.51. The van der Waals surface area contributed by atoms with E-state index in [1.54, 1.807) is 0 Å². The standard InChI is InChI=1S/C9H10BrFO/c10-8-3-1-4-9(7-8)12-6-2-5-11/h1,3-4,7H,2,5-6H2. The molecule has 1 aromatic rings. The average Bonchev–Trinajstić information content (AvgIpc) is 2.05. The second-order valence-corrected chi connectivity index (χ2v) is 3.26. The molecule has 0 unspecified atom stereocenters. The summed E-state index contributed by atoms with van der Waals surface area (Å²) in [5.41, 5.74) is 0. The van der Waals surface area contributed by atoms with Crippen LogP contribution in [-0.4, -0.2) is 13.3 Å². The first-order valence-electron chi connectivity index (χ1n) is 3.77. The molecule has 0 saturated heterocycles. The maximum atomic E-state index is 11.7. The predicted octanol–water partition coefficient (Wildman–Crippen LogP) is 3.19. The molecule has 0 amide bonds. The molecule has 1 rings (SSSR count). The van der Waals surface area contributed by atoms with E-state index in [1.165, 1.54) is 0 Å². The molecular formula is C9H10BrFO. The lowest BCUT2D eigenvalue weighted by Crippen LogP contribution is -1.97. The zero-order valence-corrected chi connectivity index (χ0v) is 8.18. The van der Waals surface area contributed by atoms with Crippen LogP contribution in [-0.2, 0) is 0 Å². The summed E-state index contributed by atoms with van der Waals surface area (Å²) >= 11 is 3.32. The fourth-order valence-corrected chi connectivity index (χ4v) is 1.18. The van der Waals surface area contributed by atoms with Crippen LogP contribution in [0.2, 0.25) is 0 Å². The molecule has 0 bridgehead atoms. The van der Waals surface area contributed by atoms with E-state index in [0.717, 1.165) is 10.2 Å². The van der Waals surface area contributed by atoms with Crippen LogP contribution < -0.4 is 4.74 Å². The quantitative estimate of drug-likeness (QED) is 0.725. The summed E-state index contributed by atoms with van der Waals surface area (Å²) in [6.07, 6.45) is 0.451. The zero-order chi connectivity index (χ0) is 8.81. The molecule has 12 heavy (non-hydrogen) atoms. The molecule has 0 N–H and O–H groups in total. The Labute approximate surface area is 79.7 Å².